The van der Waals surface area contributed by atoms with Crippen molar-refractivity contribution in [3.63, 3.8) is 0 Å². The number of nitrogens with zero attached hydrogens (tertiary/aromatic N) is 2. The maximum Gasteiger partial charge on any atom is 0.122 e. The van der Waals surface area contributed by atoms with E-state index in [2.05, 4.69) is 14.9 Å². The Morgan fingerprint density at radius 3 is 3.05 bits per heavy atom. The first-order valence-electron chi connectivity index (χ1n) is 7.75. The molecule has 118 valence electrons. The molecule has 1 aromatic carbocycles. The van der Waals surface area contributed by atoms with Crippen molar-refractivity contribution in [1.29, 1.82) is 0 Å². The van der Waals surface area contributed by atoms with Gasteiger partial charge in [-0.1, -0.05) is 18.2 Å². The van der Waals surface area contributed by atoms with Gasteiger partial charge < -0.3 is 14.8 Å². The average molecular weight is 301 g/mol. The van der Waals surface area contributed by atoms with E-state index in [0.29, 0.717) is 13.2 Å². The average Bonchev–Trinajstić information content (AvgIpc) is 2.99. The topological polar surface area (TPSA) is 61.4 Å². The molecule has 0 aliphatic carbocycles. The summed E-state index contributed by atoms with van der Waals surface area (Å²) in [5.41, 5.74) is 1.38. The van der Waals surface area contributed by atoms with E-state index >= 15 is 0 Å². The highest BCUT2D eigenvalue weighted by molar-refractivity contribution is 5.31. The molecule has 2 aromatic rings. The highest BCUT2D eigenvalue weighted by Crippen LogP contribution is 2.25. The predicted octanol–water partition coefficient (Wildman–Crippen LogP) is 2.12. The molecule has 1 saturated heterocycles. The quantitative estimate of drug-likeness (QED) is 0.888. The van der Waals surface area contributed by atoms with Gasteiger partial charge in [-0.2, -0.15) is 0 Å². The van der Waals surface area contributed by atoms with Crippen molar-refractivity contribution in [2.45, 2.75) is 31.9 Å². The zero-order valence-electron chi connectivity index (χ0n) is 13.0. The van der Waals surface area contributed by atoms with Gasteiger partial charge in [0.05, 0.1) is 6.33 Å². The number of piperidine rings is 1. The van der Waals surface area contributed by atoms with Crippen LogP contribution in [0.1, 0.15) is 24.1 Å². The summed E-state index contributed by atoms with van der Waals surface area (Å²) in [6, 6.07) is 7.91. The number of aliphatic hydroxyl groups is 1. The van der Waals surface area contributed by atoms with Crippen molar-refractivity contribution in [1.82, 2.24) is 14.9 Å². The molecule has 1 aliphatic rings. The van der Waals surface area contributed by atoms with Gasteiger partial charge in [-0.25, -0.2) is 4.98 Å². The molecular formula is C17H23N3O2. The lowest BCUT2D eigenvalue weighted by Crippen LogP contribution is -2.51. The number of benzene rings is 1. The fraction of sp³-hybridized carbons (Fsp3) is 0.471. The number of rotatable bonds is 5. The van der Waals surface area contributed by atoms with Gasteiger partial charge in [-0.3, -0.25) is 4.90 Å². The van der Waals surface area contributed by atoms with Gasteiger partial charge in [0, 0.05) is 25.0 Å². The number of imidazole rings is 1. The third-order valence-electron chi connectivity index (χ3n) is 4.17. The van der Waals surface area contributed by atoms with Crippen molar-refractivity contribution in [2.75, 3.05) is 19.7 Å². The summed E-state index contributed by atoms with van der Waals surface area (Å²) in [5.74, 6) is 0.849. The Hall–Kier alpha value is -1.85. The van der Waals surface area contributed by atoms with Crippen molar-refractivity contribution >= 4 is 0 Å². The monoisotopic (exact) mass is 301 g/mol. The number of likely N-dealkylation sites (tertiary alicyclic amines) is 1. The smallest absolute Gasteiger partial charge is 0.122 e. The Morgan fingerprint density at radius 2 is 2.27 bits per heavy atom. The zero-order chi connectivity index (χ0) is 15.4. The molecule has 1 aromatic heterocycles. The molecule has 3 rings (SSSR count). The lowest BCUT2D eigenvalue weighted by Gasteiger charge is -2.38. The number of H-pyrrole nitrogens is 1. The van der Waals surface area contributed by atoms with E-state index in [1.807, 2.05) is 37.4 Å². The summed E-state index contributed by atoms with van der Waals surface area (Å²) in [7, 11) is 0. The molecule has 22 heavy (non-hydrogen) atoms. The maximum absolute atomic E-state index is 10.8. The SMILES string of the molecule is Cc1ccccc1OC[C@@]1(O)CCCN(Cc2cnc[nH]2)C1. The van der Waals surface area contributed by atoms with E-state index in [1.54, 1.807) is 6.33 Å². The number of para-hydroxylation sites is 1. The van der Waals surface area contributed by atoms with Crippen molar-refractivity contribution in [2.24, 2.45) is 0 Å². The van der Waals surface area contributed by atoms with Crippen LogP contribution in [0.5, 0.6) is 5.75 Å². The van der Waals surface area contributed by atoms with Gasteiger partial charge in [0.15, 0.2) is 0 Å². The number of hydrogen-bond acceptors (Lipinski definition) is 4. The molecular weight excluding hydrogens is 278 g/mol. The van der Waals surface area contributed by atoms with Gasteiger partial charge in [0.25, 0.3) is 0 Å². The van der Waals surface area contributed by atoms with E-state index in [4.69, 9.17) is 4.74 Å². The summed E-state index contributed by atoms with van der Waals surface area (Å²) in [4.78, 5) is 9.40. The van der Waals surface area contributed by atoms with Gasteiger partial charge in [0.1, 0.15) is 18.0 Å². The Morgan fingerprint density at radius 1 is 1.41 bits per heavy atom. The van der Waals surface area contributed by atoms with Gasteiger partial charge in [-0.15, -0.1) is 0 Å². The second-order valence-electron chi connectivity index (χ2n) is 6.17. The highest BCUT2D eigenvalue weighted by atomic mass is 16.5. The highest BCUT2D eigenvalue weighted by Gasteiger charge is 2.34. The molecule has 0 bridgehead atoms. The summed E-state index contributed by atoms with van der Waals surface area (Å²) < 4.78 is 5.87. The second-order valence-corrected chi connectivity index (χ2v) is 6.17. The first-order chi connectivity index (χ1) is 10.6. The molecule has 1 fully saturated rings. The van der Waals surface area contributed by atoms with E-state index in [9.17, 15) is 5.11 Å². The zero-order valence-corrected chi connectivity index (χ0v) is 13.0. The van der Waals surface area contributed by atoms with Crippen molar-refractivity contribution in [3.8, 4) is 5.75 Å². The number of aromatic amines is 1. The minimum atomic E-state index is -0.791. The molecule has 0 unspecified atom stereocenters. The van der Waals surface area contributed by atoms with Crippen LogP contribution in [0.4, 0.5) is 0 Å². The van der Waals surface area contributed by atoms with Crippen LogP contribution in [0.15, 0.2) is 36.8 Å². The van der Waals surface area contributed by atoms with Gasteiger partial charge in [-0.05, 0) is 37.9 Å². The van der Waals surface area contributed by atoms with Crippen LogP contribution < -0.4 is 4.74 Å². The number of aromatic nitrogens is 2. The van der Waals surface area contributed by atoms with Crippen LogP contribution in [0.25, 0.3) is 0 Å². The van der Waals surface area contributed by atoms with Crippen LogP contribution in [0, 0.1) is 6.92 Å². The van der Waals surface area contributed by atoms with E-state index in [0.717, 1.165) is 42.9 Å². The van der Waals surface area contributed by atoms with Crippen LogP contribution in [-0.2, 0) is 6.54 Å². The van der Waals surface area contributed by atoms with Crippen LogP contribution in [0.2, 0.25) is 0 Å². The Bertz CT molecular complexity index is 600. The molecule has 2 heterocycles. The number of β-amino-alcohol motifs (C(OH)–C–C–N with tert-alkyl or cyclic N) is 1. The standard InChI is InChI=1S/C17H23N3O2/c1-14-5-2-3-6-16(14)22-12-17(21)7-4-8-20(11-17)10-15-9-18-13-19-15/h2-3,5-6,9,13,21H,4,7-8,10-12H2,1H3,(H,18,19)/t17-/m1/s1. The molecule has 0 radical (unpaired) electrons. The van der Waals surface area contributed by atoms with Crippen LogP contribution in [0.3, 0.4) is 0 Å². The first-order valence-corrected chi connectivity index (χ1v) is 7.75. The van der Waals surface area contributed by atoms with E-state index in [-0.39, 0.29) is 0 Å². The molecule has 5 heteroatoms. The predicted molar refractivity (Wildman–Crippen MR) is 84.7 cm³/mol. The second kappa shape index (κ2) is 6.50. The third kappa shape index (κ3) is 3.67. The van der Waals surface area contributed by atoms with E-state index < -0.39 is 5.60 Å². The molecule has 0 saturated carbocycles. The maximum atomic E-state index is 10.8. The molecule has 1 atom stereocenters. The number of nitrogens with one attached hydrogen (secondary N) is 1. The van der Waals surface area contributed by atoms with Crippen molar-refractivity contribution in [3.05, 3.63) is 48.0 Å². The first kappa shape index (κ1) is 15.1. The van der Waals surface area contributed by atoms with Crippen LogP contribution in [-0.4, -0.2) is 45.3 Å². The minimum Gasteiger partial charge on any atom is -0.490 e. The third-order valence-corrected chi connectivity index (χ3v) is 4.17. The summed E-state index contributed by atoms with van der Waals surface area (Å²) in [6.07, 6.45) is 5.27. The van der Waals surface area contributed by atoms with Crippen LogP contribution >= 0.6 is 0 Å². The number of hydrogen-bond donors (Lipinski definition) is 2. The normalized spacial score (nSPS) is 22.6. The largest absolute Gasteiger partial charge is 0.490 e. The molecule has 0 amide bonds. The molecule has 2 N–H and O–H groups in total. The lowest BCUT2D eigenvalue weighted by molar-refractivity contribution is -0.0624. The Kier molecular flexibility index (Phi) is 4.45. The van der Waals surface area contributed by atoms with Crippen molar-refractivity contribution < 1.29 is 9.84 Å². The Labute approximate surface area is 130 Å². The summed E-state index contributed by atoms with van der Waals surface area (Å²) >= 11 is 0. The molecule has 5 nitrogen and oxygen atoms in total. The number of ether oxygens (including phenoxy) is 1. The Balaban J connectivity index is 1.58. The molecule has 1 aliphatic heterocycles. The van der Waals surface area contributed by atoms with E-state index in [1.165, 1.54) is 0 Å². The van der Waals surface area contributed by atoms with Gasteiger partial charge in [0.2, 0.25) is 0 Å². The fourth-order valence-corrected chi connectivity index (χ4v) is 3.00. The number of aryl methyl sites for hydroxylation is 1. The minimum absolute atomic E-state index is 0.331. The lowest BCUT2D eigenvalue weighted by atomic mass is 9.93. The fourth-order valence-electron chi connectivity index (χ4n) is 3.00. The summed E-state index contributed by atoms with van der Waals surface area (Å²) in [6.45, 7) is 4.75. The summed E-state index contributed by atoms with van der Waals surface area (Å²) in [5, 5.41) is 10.8. The molecule has 0 spiro atoms. The van der Waals surface area contributed by atoms with Gasteiger partial charge >= 0.3 is 0 Å².